The second-order valence-corrected chi connectivity index (χ2v) is 9.13. The van der Waals surface area contributed by atoms with Gasteiger partial charge >= 0.3 is 0 Å². The fourth-order valence-corrected chi connectivity index (χ4v) is 4.20. The van der Waals surface area contributed by atoms with E-state index in [1.807, 2.05) is 40.9 Å². The van der Waals surface area contributed by atoms with Crippen LogP contribution in [0.2, 0.25) is 0 Å². The third-order valence-electron chi connectivity index (χ3n) is 5.08. The van der Waals surface area contributed by atoms with Gasteiger partial charge in [0.15, 0.2) is 21.4 Å². The van der Waals surface area contributed by atoms with Crippen LogP contribution in [0.1, 0.15) is 0 Å². The molecule has 0 fully saturated rings. The molecule has 7 nitrogen and oxygen atoms in total. The largest absolute Gasteiger partial charge is 0.494 e. The lowest BCUT2D eigenvalue weighted by Gasteiger charge is -2.12. The number of aromatic amines is 1. The first kappa shape index (κ1) is 18.3. The number of fused-ring (bicyclic) bond motifs is 2. The van der Waals surface area contributed by atoms with Crippen molar-refractivity contribution in [3.05, 3.63) is 73.2 Å². The normalized spacial score (nSPS) is 11.9. The number of benzene rings is 2. The first-order valence-corrected chi connectivity index (χ1v) is 11.1. The Morgan fingerprint density at radius 1 is 1.07 bits per heavy atom. The van der Waals surface area contributed by atoms with Crippen LogP contribution in [0.3, 0.4) is 0 Å². The maximum Gasteiger partial charge on any atom is 0.196 e. The van der Waals surface area contributed by atoms with E-state index in [-0.39, 0.29) is 10.8 Å². The number of aromatic hydroxyl groups is 1. The molecule has 0 aliphatic carbocycles. The van der Waals surface area contributed by atoms with E-state index >= 15 is 0 Å². The lowest BCUT2D eigenvalue weighted by atomic mass is 10.1. The zero-order chi connectivity index (χ0) is 20.9. The summed E-state index contributed by atoms with van der Waals surface area (Å²) in [6, 6.07) is 16.4. The Balaban J connectivity index is 1.53. The van der Waals surface area contributed by atoms with Gasteiger partial charge in [0, 0.05) is 41.3 Å². The van der Waals surface area contributed by atoms with E-state index in [0.29, 0.717) is 0 Å². The monoisotopic (exact) mass is 418 g/mol. The van der Waals surface area contributed by atoms with Gasteiger partial charge in [-0.15, -0.1) is 0 Å². The maximum absolute atomic E-state index is 11.6. The maximum atomic E-state index is 11.6. The predicted octanol–water partition coefficient (Wildman–Crippen LogP) is 4.34. The summed E-state index contributed by atoms with van der Waals surface area (Å²) in [7, 11) is -3.23. The van der Waals surface area contributed by atoms with E-state index in [0.717, 1.165) is 39.1 Å². The minimum Gasteiger partial charge on any atom is -0.494 e. The number of anilines is 2. The number of hydrogen-bond acceptors (Lipinski definition) is 5. The number of aromatic nitrogens is 3. The second-order valence-electron chi connectivity index (χ2n) is 7.11. The molecule has 0 atom stereocenters. The van der Waals surface area contributed by atoms with Crippen LogP contribution in [0, 0.1) is 0 Å². The molecule has 0 saturated carbocycles. The highest BCUT2D eigenvalue weighted by molar-refractivity contribution is 7.90. The Hall–Kier alpha value is -3.78. The summed E-state index contributed by atoms with van der Waals surface area (Å²) in [6.07, 6.45) is 6.59. The van der Waals surface area contributed by atoms with Crippen LogP contribution in [0.4, 0.5) is 11.4 Å². The van der Waals surface area contributed by atoms with Gasteiger partial charge in [-0.25, -0.2) is 13.4 Å². The lowest BCUT2D eigenvalue weighted by Crippen LogP contribution is -1.99. The predicted molar refractivity (Wildman–Crippen MR) is 117 cm³/mol. The van der Waals surface area contributed by atoms with Gasteiger partial charge in [0.1, 0.15) is 0 Å². The molecular formula is C22H18N4O3S. The standard InChI is InChI=1S/C22H18N4O3S/c1-30(28,29)17-5-3-16(4-6-17)25-19-8-9-20(26-11-10-23-21(19)26)14-2-7-18-15(12-14)13-24-22(18)27/h2-13,24-25,27H,1H3. The number of rotatable bonds is 4. The first-order chi connectivity index (χ1) is 14.4. The summed E-state index contributed by atoms with van der Waals surface area (Å²) in [6.45, 7) is 0. The highest BCUT2D eigenvalue weighted by atomic mass is 32.2. The molecule has 3 aromatic heterocycles. The molecule has 8 heteroatoms. The van der Waals surface area contributed by atoms with E-state index in [4.69, 9.17) is 0 Å². The van der Waals surface area contributed by atoms with Gasteiger partial charge in [0.05, 0.1) is 16.3 Å². The zero-order valence-electron chi connectivity index (χ0n) is 16.0. The fraction of sp³-hybridized carbons (Fsp3) is 0.0455. The molecule has 5 aromatic rings. The van der Waals surface area contributed by atoms with Crippen LogP contribution < -0.4 is 5.32 Å². The van der Waals surface area contributed by atoms with E-state index in [9.17, 15) is 13.5 Å². The smallest absolute Gasteiger partial charge is 0.196 e. The third kappa shape index (κ3) is 3.07. The summed E-state index contributed by atoms with van der Waals surface area (Å²) in [5, 5.41) is 14.8. The summed E-state index contributed by atoms with van der Waals surface area (Å²) >= 11 is 0. The van der Waals surface area contributed by atoms with Crippen molar-refractivity contribution in [2.75, 3.05) is 11.6 Å². The molecule has 0 aliphatic heterocycles. The van der Waals surface area contributed by atoms with Crippen molar-refractivity contribution in [2.24, 2.45) is 0 Å². The molecule has 0 aliphatic rings. The van der Waals surface area contributed by atoms with Gasteiger partial charge in [0.25, 0.3) is 0 Å². The van der Waals surface area contributed by atoms with Crippen LogP contribution in [0.5, 0.6) is 5.88 Å². The van der Waals surface area contributed by atoms with Crippen LogP contribution in [0.25, 0.3) is 27.7 Å². The molecule has 0 saturated heterocycles. The summed E-state index contributed by atoms with van der Waals surface area (Å²) in [5.41, 5.74) is 4.27. The van der Waals surface area contributed by atoms with Gasteiger partial charge in [-0.3, -0.25) is 4.40 Å². The van der Waals surface area contributed by atoms with E-state index in [1.54, 1.807) is 36.7 Å². The second kappa shape index (κ2) is 6.64. The fourth-order valence-electron chi connectivity index (χ4n) is 3.57. The van der Waals surface area contributed by atoms with Gasteiger partial charge < -0.3 is 15.4 Å². The average Bonchev–Trinajstić information content (AvgIpc) is 3.35. The molecule has 5 rings (SSSR count). The van der Waals surface area contributed by atoms with Crippen molar-refractivity contribution in [3.8, 4) is 17.1 Å². The van der Waals surface area contributed by atoms with Crippen LogP contribution in [-0.4, -0.2) is 34.1 Å². The van der Waals surface area contributed by atoms with Crippen LogP contribution in [0.15, 0.2) is 78.1 Å². The molecule has 0 unspecified atom stereocenters. The van der Waals surface area contributed by atoms with E-state index in [2.05, 4.69) is 15.3 Å². The van der Waals surface area contributed by atoms with Crippen LogP contribution in [-0.2, 0) is 9.84 Å². The Bertz CT molecular complexity index is 1500. The molecule has 3 N–H and O–H groups in total. The Morgan fingerprint density at radius 3 is 2.63 bits per heavy atom. The highest BCUT2D eigenvalue weighted by Crippen LogP contribution is 2.31. The number of pyridine rings is 1. The Labute approximate surface area is 172 Å². The number of H-pyrrole nitrogens is 1. The topological polar surface area (TPSA) is 99.5 Å². The number of nitrogens with one attached hydrogen (secondary N) is 2. The van der Waals surface area contributed by atoms with Gasteiger partial charge in [-0.1, -0.05) is 6.07 Å². The average molecular weight is 418 g/mol. The number of sulfone groups is 1. The van der Waals surface area contributed by atoms with E-state index in [1.165, 1.54) is 6.26 Å². The minimum absolute atomic E-state index is 0.158. The molecule has 0 radical (unpaired) electrons. The number of nitrogens with zero attached hydrogens (tertiary/aromatic N) is 2. The SMILES string of the molecule is CS(=O)(=O)c1ccc(Nc2ccc(-c3ccc4c(O)[nH]cc4c3)n3ccnc23)cc1. The highest BCUT2D eigenvalue weighted by Gasteiger charge is 2.12. The minimum atomic E-state index is -3.23. The molecule has 3 heterocycles. The lowest BCUT2D eigenvalue weighted by molar-refractivity contribution is 0.462. The molecule has 30 heavy (non-hydrogen) atoms. The van der Waals surface area contributed by atoms with Gasteiger partial charge in [-0.05, 0) is 54.1 Å². The van der Waals surface area contributed by atoms with Crippen molar-refractivity contribution in [3.63, 3.8) is 0 Å². The van der Waals surface area contributed by atoms with Crippen molar-refractivity contribution >= 4 is 37.6 Å². The van der Waals surface area contributed by atoms with Crippen LogP contribution >= 0.6 is 0 Å². The quantitative estimate of drug-likeness (QED) is 0.403. The van der Waals surface area contributed by atoms with Gasteiger partial charge in [0.2, 0.25) is 0 Å². The first-order valence-electron chi connectivity index (χ1n) is 9.24. The molecule has 0 bridgehead atoms. The molecule has 0 spiro atoms. The van der Waals surface area contributed by atoms with Crippen molar-refractivity contribution in [1.82, 2.24) is 14.4 Å². The third-order valence-corrected chi connectivity index (χ3v) is 6.21. The summed E-state index contributed by atoms with van der Waals surface area (Å²) in [5.74, 6) is 0.158. The van der Waals surface area contributed by atoms with Crippen molar-refractivity contribution in [1.29, 1.82) is 0 Å². The van der Waals surface area contributed by atoms with Crippen molar-refractivity contribution in [2.45, 2.75) is 4.90 Å². The summed E-state index contributed by atoms with van der Waals surface area (Å²) in [4.78, 5) is 7.59. The summed E-state index contributed by atoms with van der Waals surface area (Å²) < 4.78 is 25.3. The van der Waals surface area contributed by atoms with Gasteiger partial charge in [-0.2, -0.15) is 0 Å². The molecular weight excluding hydrogens is 400 g/mol. The number of hydrogen-bond donors (Lipinski definition) is 3. The Kier molecular flexibility index (Phi) is 4.04. The zero-order valence-corrected chi connectivity index (χ0v) is 16.8. The van der Waals surface area contributed by atoms with E-state index < -0.39 is 9.84 Å². The Morgan fingerprint density at radius 2 is 1.87 bits per heavy atom. The molecule has 150 valence electrons. The molecule has 0 amide bonds. The number of imidazole rings is 1. The van der Waals surface area contributed by atoms with Crippen molar-refractivity contribution < 1.29 is 13.5 Å². The molecule has 2 aromatic carbocycles.